The van der Waals surface area contributed by atoms with E-state index in [-0.39, 0.29) is 5.76 Å². The Balaban J connectivity index is 2.69. The average molecular weight is 241 g/mol. The fourth-order valence-electron chi connectivity index (χ4n) is 1.14. The molecule has 1 aromatic rings. The molecule has 0 spiro atoms. The van der Waals surface area contributed by atoms with E-state index in [4.69, 9.17) is 14.3 Å². The topological polar surface area (TPSA) is 88.8 Å². The van der Waals surface area contributed by atoms with Crippen molar-refractivity contribution in [1.82, 2.24) is 5.32 Å². The third kappa shape index (κ3) is 4.18. The molecule has 0 radical (unpaired) electrons. The van der Waals surface area contributed by atoms with Gasteiger partial charge in [-0.3, -0.25) is 0 Å². The molecule has 0 aliphatic heterocycles. The molecule has 0 fully saturated rings. The maximum Gasteiger partial charge on any atom is 0.408 e. The highest BCUT2D eigenvalue weighted by molar-refractivity contribution is 5.80. The second-order valence-corrected chi connectivity index (χ2v) is 4.43. The first kappa shape index (κ1) is 13.1. The Morgan fingerprint density at radius 3 is 2.53 bits per heavy atom. The zero-order valence-corrected chi connectivity index (χ0v) is 9.89. The number of alkyl carbamates (subject to hydrolysis) is 1. The third-order valence-electron chi connectivity index (χ3n) is 1.74. The van der Waals surface area contributed by atoms with Crippen molar-refractivity contribution in [3.8, 4) is 0 Å². The molecule has 17 heavy (non-hydrogen) atoms. The molecule has 1 atom stereocenters. The largest absolute Gasteiger partial charge is 0.479 e. The SMILES string of the molecule is CC(C)(C)OC(=O)N[C@H](C(=O)O)c1ccco1. The van der Waals surface area contributed by atoms with Crippen LogP contribution < -0.4 is 5.32 Å². The minimum Gasteiger partial charge on any atom is -0.479 e. The second kappa shape index (κ2) is 4.90. The predicted molar refractivity (Wildman–Crippen MR) is 58.5 cm³/mol. The third-order valence-corrected chi connectivity index (χ3v) is 1.74. The number of carboxylic acid groups (broad SMARTS) is 1. The molecule has 1 heterocycles. The van der Waals surface area contributed by atoms with E-state index in [0.717, 1.165) is 0 Å². The van der Waals surface area contributed by atoms with Crippen LogP contribution in [0, 0.1) is 0 Å². The van der Waals surface area contributed by atoms with Crippen molar-refractivity contribution in [3.63, 3.8) is 0 Å². The summed E-state index contributed by atoms with van der Waals surface area (Å²) in [5.74, 6) is -1.07. The first-order chi connectivity index (χ1) is 7.79. The summed E-state index contributed by atoms with van der Waals surface area (Å²) in [5, 5.41) is 11.2. The zero-order chi connectivity index (χ0) is 13.1. The summed E-state index contributed by atoms with van der Waals surface area (Å²) < 4.78 is 9.90. The summed E-state index contributed by atoms with van der Waals surface area (Å²) >= 11 is 0. The van der Waals surface area contributed by atoms with E-state index < -0.39 is 23.7 Å². The number of rotatable bonds is 3. The lowest BCUT2D eigenvalue weighted by Crippen LogP contribution is -2.37. The van der Waals surface area contributed by atoms with Gasteiger partial charge in [0.1, 0.15) is 11.4 Å². The van der Waals surface area contributed by atoms with Gasteiger partial charge in [0.2, 0.25) is 0 Å². The number of carbonyl (C=O) groups is 2. The van der Waals surface area contributed by atoms with Crippen molar-refractivity contribution in [2.75, 3.05) is 0 Å². The fourth-order valence-corrected chi connectivity index (χ4v) is 1.14. The van der Waals surface area contributed by atoms with Crippen molar-refractivity contribution in [2.24, 2.45) is 0 Å². The van der Waals surface area contributed by atoms with Gasteiger partial charge in [0.25, 0.3) is 0 Å². The minimum absolute atomic E-state index is 0.142. The van der Waals surface area contributed by atoms with Gasteiger partial charge in [-0.2, -0.15) is 0 Å². The van der Waals surface area contributed by atoms with Crippen molar-refractivity contribution in [1.29, 1.82) is 0 Å². The number of carbonyl (C=O) groups excluding carboxylic acids is 1. The number of nitrogens with one attached hydrogen (secondary N) is 1. The molecule has 0 unspecified atom stereocenters. The lowest BCUT2D eigenvalue weighted by Gasteiger charge is -2.21. The van der Waals surface area contributed by atoms with Crippen molar-refractivity contribution < 1.29 is 23.8 Å². The van der Waals surface area contributed by atoms with Gasteiger partial charge >= 0.3 is 12.1 Å². The summed E-state index contributed by atoms with van der Waals surface area (Å²) in [5.41, 5.74) is -0.684. The van der Waals surface area contributed by atoms with Crippen LogP contribution in [0.4, 0.5) is 4.79 Å². The standard InChI is InChI=1S/C11H15NO5/c1-11(2,3)17-10(15)12-8(9(13)14)7-5-4-6-16-7/h4-6,8H,1-3H3,(H,12,15)(H,13,14)/t8-/m0/s1. The summed E-state index contributed by atoms with van der Waals surface area (Å²) in [4.78, 5) is 22.4. The van der Waals surface area contributed by atoms with Gasteiger partial charge in [-0.1, -0.05) is 0 Å². The maximum atomic E-state index is 11.4. The van der Waals surface area contributed by atoms with E-state index in [1.165, 1.54) is 12.3 Å². The Morgan fingerprint density at radius 2 is 2.12 bits per heavy atom. The minimum atomic E-state index is -1.25. The van der Waals surface area contributed by atoms with Gasteiger partial charge < -0.3 is 19.6 Å². The van der Waals surface area contributed by atoms with E-state index in [9.17, 15) is 9.59 Å². The molecule has 6 heteroatoms. The summed E-state index contributed by atoms with van der Waals surface area (Å²) in [6.07, 6.45) is 0.531. The molecule has 1 amide bonds. The number of hydrogen-bond donors (Lipinski definition) is 2. The van der Waals surface area contributed by atoms with E-state index >= 15 is 0 Å². The van der Waals surface area contributed by atoms with Gasteiger partial charge in [0.15, 0.2) is 6.04 Å². The molecule has 0 bridgehead atoms. The molecule has 2 N–H and O–H groups in total. The fraction of sp³-hybridized carbons (Fsp3) is 0.455. The molecule has 0 saturated carbocycles. The first-order valence-electron chi connectivity index (χ1n) is 5.05. The number of ether oxygens (including phenoxy) is 1. The Morgan fingerprint density at radius 1 is 1.47 bits per heavy atom. The van der Waals surface area contributed by atoms with Gasteiger partial charge in [-0.05, 0) is 32.9 Å². The molecule has 0 saturated heterocycles. The smallest absolute Gasteiger partial charge is 0.408 e. The van der Waals surface area contributed by atoms with Crippen LogP contribution in [0.1, 0.15) is 32.6 Å². The van der Waals surface area contributed by atoms with Crippen molar-refractivity contribution in [3.05, 3.63) is 24.2 Å². The van der Waals surface area contributed by atoms with E-state index in [1.807, 2.05) is 0 Å². The van der Waals surface area contributed by atoms with Crippen LogP contribution >= 0.6 is 0 Å². The van der Waals surface area contributed by atoms with Crippen LogP contribution in [0.2, 0.25) is 0 Å². The molecule has 0 aliphatic carbocycles. The normalized spacial score (nSPS) is 12.9. The molecular weight excluding hydrogens is 226 g/mol. The molecule has 94 valence electrons. The summed E-state index contributed by atoms with van der Waals surface area (Å²) in [6.45, 7) is 5.07. The van der Waals surface area contributed by atoms with Crippen molar-refractivity contribution in [2.45, 2.75) is 32.4 Å². The number of aliphatic carboxylic acids is 1. The monoisotopic (exact) mass is 241 g/mol. The van der Waals surface area contributed by atoms with Crippen LogP contribution in [0.25, 0.3) is 0 Å². The van der Waals surface area contributed by atoms with Gasteiger partial charge in [0, 0.05) is 0 Å². The Labute approximate surface area is 98.6 Å². The molecule has 1 rings (SSSR count). The highest BCUT2D eigenvalue weighted by Crippen LogP contribution is 2.15. The summed E-state index contributed by atoms with van der Waals surface area (Å²) in [7, 11) is 0. The average Bonchev–Trinajstić information content (AvgIpc) is 2.63. The lowest BCUT2D eigenvalue weighted by atomic mass is 10.2. The predicted octanol–water partition coefficient (Wildman–Crippen LogP) is 1.93. The lowest BCUT2D eigenvalue weighted by molar-refractivity contribution is -0.140. The highest BCUT2D eigenvalue weighted by Gasteiger charge is 2.27. The number of carboxylic acids is 1. The Kier molecular flexibility index (Phi) is 3.77. The van der Waals surface area contributed by atoms with E-state index in [2.05, 4.69) is 5.32 Å². The number of furan rings is 1. The van der Waals surface area contributed by atoms with Crippen molar-refractivity contribution >= 4 is 12.1 Å². The number of hydrogen-bond acceptors (Lipinski definition) is 4. The summed E-state index contributed by atoms with van der Waals surface area (Å²) in [6, 6.07) is 1.76. The van der Waals surface area contributed by atoms with Crippen LogP contribution in [0.3, 0.4) is 0 Å². The Bertz CT molecular complexity index is 390. The zero-order valence-electron chi connectivity index (χ0n) is 9.89. The van der Waals surface area contributed by atoms with Crippen LogP contribution in [-0.4, -0.2) is 22.8 Å². The maximum absolute atomic E-state index is 11.4. The van der Waals surface area contributed by atoms with Crippen LogP contribution in [-0.2, 0) is 9.53 Å². The molecule has 0 aromatic carbocycles. The first-order valence-corrected chi connectivity index (χ1v) is 5.05. The Hall–Kier alpha value is -1.98. The van der Waals surface area contributed by atoms with Crippen LogP contribution in [0.5, 0.6) is 0 Å². The number of amides is 1. The quantitative estimate of drug-likeness (QED) is 0.844. The second-order valence-electron chi connectivity index (χ2n) is 4.43. The van der Waals surface area contributed by atoms with Gasteiger partial charge in [-0.25, -0.2) is 9.59 Å². The van der Waals surface area contributed by atoms with E-state index in [1.54, 1.807) is 26.8 Å². The molecule has 6 nitrogen and oxygen atoms in total. The molecular formula is C11H15NO5. The van der Waals surface area contributed by atoms with Gasteiger partial charge in [-0.15, -0.1) is 0 Å². The highest BCUT2D eigenvalue weighted by atomic mass is 16.6. The van der Waals surface area contributed by atoms with Gasteiger partial charge in [0.05, 0.1) is 6.26 Å². The van der Waals surface area contributed by atoms with E-state index in [0.29, 0.717) is 0 Å². The van der Waals surface area contributed by atoms with Crippen LogP contribution in [0.15, 0.2) is 22.8 Å². The molecule has 1 aromatic heterocycles. The molecule has 0 aliphatic rings.